The summed E-state index contributed by atoms with van der Waals surface area (Å²) in [6, 6.07) is 12.6. The van der Waals surface area contributed by atoms with Crippen LogP contribution in [0.1, 0.15) is 46.7 Å². The lowest BCUT2D eigenvalue weighted by Gasteiger charge is -2.24. The second-order valence-electron chi connectivity index (χ2n) is 6.18. The van der Waals surface area contributed by atoms with Gasteiger partial charge in [-0.25, -0.2) is 0 Å². The van der Waals surface area contributed by atoms with E-state index in [2.05, 4.69) is 27.9 Å². The Hall–Kier alpha value is -1.57. The molecule has 0 aromatic heterocycles. The fourth-order valence-corrected chi connectivity index (χ4v) is 4.11. The standard InChI is InChI=1S/C19H17F3INO/c20-19(21,22)15-9-3-1-6-12(15)13-8-5-11-17(13)24-18(25)14-7-2-4-10-16(14)23/h1-4,6-7,9-10,13,17H,5,8,11H2,(H,24,25)/t13-,17+/m1/s1. The Morgan fingerprint density at radius 1 is 1.04 bits per heavy atom. The van der Waals surface area contributed by atoms with Crippen LogP contribution in [0.4, 0.5) is 13.2 Å². The van der Waals surface area contributed by atoms with Crippen LogP contribution >= 0.6 is 22.6 Å². The van der Waals surface area contributed by atoms with E-state index in [0.717, 1.165) is 16.1 Å². The highest BCUT2D eigenvalue weighted by molar-refractivity contribution is 14.1. The maximum absolute atomic E-state index is 13.3. The molecule has 0 bridgehead atoms. The summed E-state index contributed by atoms with van der Waals surface area (Å²) in [5.41, 5.74) is 0.230. The van der Waals surface area contributed by atoms with Crippen LogP contribution in [0.25, 0.3) is 0 Å². The first-order valence-corrected chi connectivity index (χ1v) is 9.17. The second kappa shape index (κ2) is 7.35. The van der Waals surface area contributed by atoms with Gasteiger partial charge in [0.1, 0.15) is 0 Å². The van der Waals surface area contributed by atoms with Crippen LogP contribution in [0.5, 0.6) is 0 Å². The van der Waals surface area contributed by atoms with E-state index < -0.39 is 11.7 Å². The van der Waals surface area contributed by atoms with E-state index in [-0.39, 0.29) is 23.4 Å². The van der Waals surface area contributed by atoms with E-state index in [4.69, 9.17) is 0 Å². The third kappa shape index (κ3) is 3.99. The normalized spacial score (nSPS) is 20.5. The Bertz CT molecular complexity index is 775. The predicted octanol–water partition coefficient (Wildman–Crippen LogP) is 5.38. The third-order valence-corrected chi connectivity index (χ3v) is 5.56. The van der Waals surface area contributed by atoms with E-state index in [1.54, 1.807) is 18.2 Å². The molecule has 0 heterocycles. The first-order valence-electron chi connectivity index (χ1n) is 8.09. The van der Waals surface area contributed by atoms with Crippen molar-refractivity contribution in [1.82, 2.24) is 5.32 Å². The van der Waals surface area contributed by atoms with Gasteiger partial charge in [-0.1, -0.05) is 36.8 Å². The van der Waals surface area contributed by atoms with Crippen LogP contribution in [0.2, 0.25) is 0 Å². The van der Waals surface area contributed by atoms with Crippen molar-refractivity contribution in [2.24, 2.45) is 0 Å². The molecule has 0 unspecified atom stereocenters. The maximum Gasteiger partial charge on any atom is 0.416 e. The summed E-state index contributed by atoms with van der Waals surface area (Å²) in [5.74, 6) is -0.547. The van der Waals surface area contributed by atoms with Gasteiger partial charge < -0.3 is 5.32 Å². The average Bonchev–Trinajstić information content (AvgIpc) is 3.02. The highest BCUT2D eigenvalue weighted by atomic mass is 127. The Morgan fingerprint density at radius 3 is 2.44 bits per heavy atom. The molecule has 1 aliphatic rings. The minimum Gasteiger partial charge on any atom is -0.349 e. The van der Waals surface area contributed by atoms with E-state index in [0.29, 0.717) is 18.4 Å². The SMILES string of the molecule is O=C(N[C@H]1CCC[C@@H]1c1ccccc1C(F)(F)F)c1ccccc1I. The number of nitrogens with one attached hydrogen (secondary N) is 1. The molecule has 2 atom stereocenters. The summed E-state index contributed by atoms with van der Waals surface area (Å²) in [6.07, 6.45) is -2.26. The van der Waals surface area contributed by atoms with E-state index in [1.165, 1.54) is 12.1 Å². The number of halogens is 4. The van der Waals surface area contributed by atoms with E-state index >= 15 is 0 Å². The van der Waals surface area contributed by atoms with Crippen molar-refractivity contribution in [2.75, 3.05) is 0 Å². The Morgan fingerprint density at radius 2 is 1.72 bits per heavy atom. The Labute approximate surface area is 158 Å². The zero-order valence-electron chi connectivity index (χ0n) is 13.3. The van der Waals surface area contributed by atoms with E-state index in [1.807, 2.05) is 12.1 Å². The summed E-state index contributed by atoms with van der Waals surface area (Å²) in [4.78, 5) is 12.5. The fraction of sp³-hybridized carbons (Fsp3) is 0.316. The molecular weight excluding hydrogens is 442 g/mol. The molecule has 1 amide bonds. The number of benzene rings is 2. The van der Waals surface area contributed by atoms with Gasteiger partial charge in [-0.3, -0.25) is 4.79 Å². The molecule has 3 rings (SSSR count). The van der Waals surface area contributed by atoms with Crippen LogP contribution in [0.15, 0.2) is 48.5 Å². The lowest BCUT2D eigenvalue weighted by atomic mass is 9.89. The van der Waals surface area contributed by atoms with Crippen LogP contribution in [0.3, 0.4) is 0 Å². The molecule has 0 aliphatic heterocycles. The van der Waals surface area contributed by atoms with Crippen molar-refractivity contribution < 1.29 is 18.0 Å². The number of rotatable bonds is 3. The zero-order valence-corrected chi connectivity index (χ0v) is 15.5. The van der Waals surface area contributed by atoms with Crippen molar-refractivity contribution in [3.63, 3.8) is 0 Å². The van der Waals surface area contributed by atoms with Gasteiger partial charge in [-0.2, -0.15) is 13.2 Å². The highest BCUT2D eigenvalue weighted by Gasteiger charge is 2.38. The van der Waals surface area contributed by atoms with Crippen LogP contribution in [0, 0.1) is 3.57 Å². The number of carbonyl (C=O) groups is 1. The molecule has 132 valence electrons. The average molecular weight is 459 g/mol. The van der Waals surface area contributed by atoms with Gasteiger partial charge in [-0.15, -0.1) is 0 Å². The molecule has 0 spiro atoms. The van der Waals surface area contributed by atoms with Crippen molar-refractivity contribution in [3.8, 4) is 0 Å². The van der Waals surface area contributed by atoms with Gasteiger partial charge in [0.15, 0.2) is 0 Å². The summed E-state index contributed by atoms with van der Waals surface area (Å²) in [6.45, 7) is 0. The second-order valence-corrected chi connectivity index (χ2v) is 7.34. The van der Waals surface area contributed by atoms with Gasteiger partial charge in [0.25, 0.3) is 5.91 Å². The summed E-state index contributed by atoms with van der Waals surface area (Å²) < 4.78 is 40.8. The van der Waals surface area contributed by atoms with E-state index in [9.17, 15) is 18.0 Å². The molecule has 0 radical (unpaired) electrons. The van der Waals surface area contributed by atoms with Crippen molar-refractivity contribution in [3.05, 3.63) is 68.8 Å². The van der Waals surface area contributed by atoms with Crippen molar-refractivity contribution in [1.29, 1.82) is 0 Å². The molecule has 6 heteroatoms. The molecule has 2 aromatic rings. The lowest BCUT2D eigenvalue weighted by molar-refractivity contribution is -0.138. The van der Waals surface area contributed by atoms with Gasteiger partial charge in [0, 0.05) is 15.5 Å². The first kappa shape index (κ1) is 18.2. The van der Waals surface area contributed by atoms with Gasteiger partial charge in [0.05, 0.1) is 11.1 Å². The lowest BCUT2D eigenvalue weighted by Crippen LogP contribution is -2.37. The molecular formula is C19H17F3INO. The third-order valence-electron chi connectivity index (χ3n) is 4.62. The number of carbonyl (C=O) groups excluding carboxylic acids is 1. The quantitative estimate of drug-likeness (QED) is 0.615. The molecule has 1 N–H and O–H groups in total. The van der Waals surface area contributed by atoms with Gasteiger partial charge >= 0.3 is 6.18 Å². The zero-order chi connectivity index (χ0) is 18.0. The smallest absolute Gasteiger partial charge is 0.349 e. The summed E-state index contributed by atoms with van der Waals surface area (Å²) >= 11 is 2.09. The molecule has 1 aliphatic carbocycles. The molecule has 0 saturated heterocycles. The minimum absolute atomic E-state index is 0.230. The first-order chi connectivity index (χ1) is 11.9. The monoisotopic (exact) mass is 459 g/mol. The number of alkyl halides is 3. The number of hydrogen-bond acceptors (Lipinski definition) is 1. The number of hydrogen-bond donors (Lipinski definition) is 1. The van der Waals surface area contributed by atoms with Gasteiger partial charge in [0.2, 0.25) is 0 Å². The topological polar surface area (TPSA) is 29.1 Å². The maximum atomic E-state index is 13.3. The Balaban J connectivity index is 1.85. The largest absolute Gasteiger partial charge is 0.416 e. The molecule has 2 nitrogen and oxygen atoms in total. The molecule has 2 aromatic carbocycles. The van der Waals surface area contributed by atoms with Crippen LogP contribution in [-0.2, 0) is 6.18 Å². The van der Waals surface area contributed by atoms with Crippen molar-refractivity contribution in [2.45, 2.75) is 37.4 Å². The predicted molar refractivity (Wildman–Crippen MR) is 98.4 cm³/mol. The highest BCUT2D eigenvalue weighted by Crippen LogP contribution is 2.41. The number of amides is 1. The van der Waals surface area contributed by atoms with Crippen LogP contribution in [-0.4, -0.2) is 11.9 Å². The summed E-state index contributed by atoms with van der Waals surface area (Å²) in [7, 11) is 0. The molecule has 1 fully saturated rings. The van der Waals surface area contributed by atoms with Gasteiger partial charge in [-0.05, 0) is 59.2 Å². The molecule has 25 heavy (non-hydrogen) atoms. The fourth-order valence-electron chi connectivity index (χ4n) is 3.48. The minimum atomic E-state index is -4.39. The summed E-state index contributed by atoms with van der Waals surface area (Å²) in [5, 5.41) is 2.95. The van der Waals surface area contributed by atoms with Crippen molar-refractivity contribution >= 4 is 28.5 Å². The Kier molecular flexibility index (Phi) is 5.36. The van der Waals surface area contributed by atoms with Crippen LogP contribution < -0.4 is 5.32 Å². The molecule has 1 saturated carbocycles.